The smallest absolute Gasteiger partial charge is 0.231 e. The summed E-state index contributed by atoms with van der Waals surface area (Å²) in [5.74, 6) is 3.07. The van der Waals surface area contributed by atoms with Crippen molar-refractivity contribution in [3.05, 3.63) is 66.0 Å². The van der Waals surface area contributed by atoms with Crippen LogP contribution >= 0.6 is 0 Å². The Balaban J connectivity index is 1.43. The van der Waals surface area contributed by atoms with Gasteiger partial charge in [0.05, 0.1) is 0 Å². The van der Waals surface area contributed by atoms with E-state index in [2.05, 4.69) is 39.7 Å². The highest BCUT2D eigenvalue weighted by molar-refractivity contribution is 5.59. The Morgan fingerprint density at radius 2 is 1.84 bits per heavy atom. The van der Waals surface area contributed by atoms with Crippen molar-refractivity contribution in [2.75, 3.05) is 17.4 Å². The minimum absolute atomic E-state index is 0.284. The molecule has 0 bridgehead atoms. The van der Waals surface area contributed by atoms with E-state index in [-0.39, 0.29) is 6.79 Å². The number of benzene rings is 2. The third-order valence-corrected chi connectivity index (χ3v) is 3.87. The van der Waals surface area contributed by atoms with Crippen LogP contribution in [0.15, 0.2) is 54.9 Å². The molecule has 4 rings (SSSR count). The van der Waals surface area contributed by atoms with Gasteiger partial charge in [-0.1, -0.05) is 18.2 Å². The monoisotopic (exact) mass is 334 g/mol. The highest BCUT2D eigenvalue weighted by atomic mass is 16.7. The van der Waals surface area contributed by atoms with Crippen molar-refractivity contribution in [2.45, 2.75) is 13.5 Å². The molecular formula is C19H18N4O2. The summed E-state index contributed by atoms with van der Waals surface area (Å²) < 4.78 is 10.7. The van der Waals surface area contributed by atoms with E-state index in [0.29, 0.717) is 6.54 Å². The summed E-state index contributed by atoms with van der Waals surface area (Å²) in [5.41, 5.74) is 3.29. The number of rotatable bonds is 5. The second-order valence-electron chi connectivity index (χ2n) is 5.82. The van der Waals surface area contributed by atoms with E-state index in [4.69, 9.17) is 9.47 Å². The highest BCUT2D eigenvalue weighted by Gasteiger charge is 2.13. The first-order valence-corrected chi connectivity index (χ1v) is 8.04. The third-order valence-electron chi connectivity index (χ3n) is 3.87. The first-order valence-electron chi connectivity index (χ1n) is 8.04. The van der Waals surface area contributed by atoms with Crippen molar-refractivity contribution in [1.82, 2.24) is 9.97 Å². The topological polar surface area (TPSA) is 68.3 Å². The molecule has 0 saturated carbocycles. The van der Waals surface area contributed by atoms with Crippen molar-refractivity contribution in [3.8, 4) is 11.5 Å². The van der Waals surface area contributed by atoms with E-state index in [0.717, 1.165) is 34.4 Å². The van der Waals surface area contributed by atoms with E-state index in [1.807, 2.05) is 36.4 Å². The first-order chi connectivity index (χ1) is 12.3. The lowest BCUT2D eigenvalue weighted by Gasteiger charge is -2.09. The number of anilines is 3. The van der Waals surface area contributed by atoms with E-state index in [1.54, 1.807) is 6.33 Å². The number of aryl methyl sites for hydroxylation is 1. The van der Waals surface area contributed by atoms with Crippen LogP contribution in [0.4, 0.5) is 17.3 Å². The third kappa shape index (κ3) is 3.63. The van der Waals surface area contributed by atoms with Gasteiger partial charge in [0.1, 0.15) is 18.0 Å². The highest BCUT2D eigenvalue weighted by Crippen LogP contribution is 2.32. The summed E-state index contributed by atoms with van der Waals surface area (Å²) in [5, 5.41) is 6.59. The summed E-state index contributed by atoms with van der Waals surface area (Å²) >= 11 is 0. The van der Waals surface area contributed by atoms with E-state index in [9.17, 15) is 0 Å². The lowest BCUT2D eigenvalue weighted by atomic mass is 10.2. The Morgan fingerprint density at radius 1 is 0.960 bits per heavy atom. The van der Waals surface area contributed by atoms with Crippen molar-refractivity contribution >= 4 is 17.3 Å². The molecule has 0 aliphatic carbocycles. The molecule has 0 fully saturated rings. The number of fused-ring (bicyclic) bond motifs is 1. The number of aromatic nitrogens is 2. The molecule has 126 valence electrons. The molecule has 1 aromatic heterocycles. The second kappa shape index (κ2) is 6.68. The minimum Gasteiger partial charge on any atom is -0.454 e. The van der Waals surface area contributed by atoms with Crippen molar-refractivity contribution in [1.29, 1.82) is 0 Å². The Kier molecular flexibility index (Phi) is 4.08. The zero-order valence-corrected chi connectivity index (χ0v) is 13.8. The first kappa shape index (κ1) is 15.3. The van der Waals surface area contributed by atoms with Gasteiger partial charge in [0.15, 0.2) is 11.5 Å². The quantitative estimate of drug-likeness (QED) is 0.738. The van der Waals surface area contributed by atoms with Gasteiger partial charge in [-0.25, -0.2) is 9.97 Å². The Bertz CT molecular complexity index is 898. The molecule has 6 heteroatoms. The molecule has 1 aliphatic rings. The molecule has 3 aromatic rings. The fourth-order valence-electron chi connectivity index (χ4n) is 2.64. The maximum absolute atomic E-state index is 5.40. The molecule has 25 heavy (non-hydrogen) atoms. The number of nitrogens with zero attached hydrogens (tertiary/aromatic N) is 2. The zero-order valence-electron chi connectivity index (χ0n) is 13.8. The van der Waals surface area contributed by atoms with Gasteiger partial charge in [-0.3, -0.25) is 0 Å². The molecule has 2 aromatic carbocycles. The molecular weight excluding hydrogens is 316 g/mol. The van der Waals surface area contributed by atoms with Gasteiger partial charge in [-0.15, -0.1) is 0 Å². The average molecular weight is 334 g/mol. The van der Waals surface area contributed by atoms with Crippen LogP contribution in [0.2, 0.25) is 0 Å². The molecule has 0 atom stereocenters. The fourth-order valence-corrected chi connectivity index (χ4v) is 2.64. The molecule has 6 nitrogen and oxygen atoms in total. The van der Waals surface area contributed by atoms with E-state index >= 15 is 0 Å². The molecule has 0 radical (unpaired) electrons. The Labute approximate surface area is 145 Å². The van der Waals surface area contributed by atoms with Crippen molar-refractivity contribution < 1.29 is 9.47 Å². The predicted molar refractivity (Wildman–Crippen MR) is 96.4 cm³/mol. The van der Waals surface area contributed by atoms with Crippen LogP contribution in [0.5, 0.6) is 11.5 Å². The maximum Gasteiger partial charge on any atom is 0.231 e. The number of hydrogen-bond donors (Lipinski definition) is 2. The van der Waals surface area contributed by atoms with Crippen LogP contribution in [0, 0.1) is 6.92 Å². The van der Waals surface area contributed by atoms with Crippen molar-refractivity contribution in [3.63, 3.8) is 0 Å². The molecule has 0 unspecified atom stereocenters. The van der Waals surface area contributed by atoms with Crippen molar-refractivity contribution in [2.24, 2.45) is 0 Å². The molecule has 0 amide bonds. The minimum atomic E-state index is 0.284. The summed E-state index contributed by atoms with van der Waals surface area (Å²) in [6.07, 6.45) is 1.54. The average Bonchev–Trinajstić information content (AvgIpc) is 3.08. The zero-order chi connectivity index (χ0) is 17.1. The van der Waals surface area contributed by atoms with Gasteiger partial charge in [0.2, 0.25) is 6.79 Å². The summed E-state index contributed by atoms with van der Waals surface area (Å²) in [6, 6.07) is 15.9. The molecule has 2 heterocycles. The second-order valence-corrected chi connectivity index (χ2v) is 5.82. The fraction of sp³-hybridized carbons (Fsp3) is 0.158. The number of hydrogen-bond acceptors (Lipinski definition) is 6. The van der Waals surface area contributed by atoms with Crippen LogP contribution < -0.4 is 20.1 Å². The van der Waals surface area contributed by atoms with Gasteiger partial charge in [0, 0.05) is 18.3 Å². The predicted octanol–water partition coefficient (Wildman–Crippen LogP) is 3.87. The van der Waals surface area contributed by atoms with E-state index in [1.165, 1.54) is 5.56 Å². The summed E-state index contributed by atoms with van der Waals surface area (Å²) in [6.45, 7) is 2.98. The lowest BCUT2D eigenvalue weighted by molar-refractivity contribution is 0.174. The van der Waals surface area contributed by atoms with Crippen LogP contribution in [0.25, 0.3) is 0 Å². The van der Waals surface area contributed by atoms with Gasteiger partial charge < -0.3 is 20.1 Å². The summed E-state index contributed by atoms with van der Waals surface area (Å²) in [7, 11) is 0. The van der Waals surface area contributed by atoms with Gasteiger partial charge in [0.25, 0.3) is 0 Å². The van der Waals surface area contributed by atoms with Crippen LogP contribution in [-0.4, -0.2) is 16.8 Å². The maximum atomic E-state index is 5.40. The standard InChI is InChI=1S/C19H18N4O2/c1-13-3-2-4-15(7-13)23-19-9-18(21-11-22-19)20-10-14-5-6-16-17(8-14)25-12-24-16/h2-9,11H,10,12H2,1H3,(H2,20,21,22,23). The Morgan fingerprint density at radius 3 is 2.76 bits per heavy atom. The van der Waals surface area contributed by atoms with E-state index < -0.39 is 0 Å². The normalized spacial score (nSPS) is 12.0. The largest absolute Gasteiger partial charge is 0.454 e. The van der Waals surface area contributed by atoms with Gasteiger partial charge in [-0.05, 0) is 42.3 Å². The molecule has 0 saturated heterocycles. The summed E-state index contributed by atoms with van der Waals surface area (Å²) in [4.78, 5) is 8.54. The number of ether oxygens (including phenoxy) is 2. The van der Waals surface area contributed by atoms with Crippen LogP contribution in [-0.2, 0) is 6.54 Å². The molecule has 0 spiro atoms. The Hall–Kier alpha value is -3.28. The van der Waals surface area contributed by atoms with Gasteiger partial charge in [-0.2, -0.15) is 0 Å². The van der Waals surface area contributed by atoms with Crippen LogP contribution in [0.1, 0.15) is 11.1 Å². The molecule has 1 aliphatic heterocycles. The SMILES string of the molecule is Cc1cccc(Nc2cc(NCc3ccc4c(c3)OCO4)ncn2)c1. The lowest BCUT2D eigenvalue weighted by Crippen LogP contribution is -2.03. The molecule has 2 N–H and O–H groups in total. The number of nitrogens with one attached hydrogen (secondary N) is 2. The van der Waals surface area contributed by atoms with Gasteiger partial charge >= 0.3 is 0 Å². The van der Waals surface area contributed by atoms with Crippen LogP contribution in [0.3, 0.4) is 0 Å².